The Hall–Kier alpha value is -1.49. The van der Waals surface area contributed by atoms with Crippen molar-refractivity contribution in [1.29, 1.82) is 0 Å². The number of Topliss-reactive ketones (excluding diaryl/α,β-unsaturated/α-hetero) is 1. The second-order valence-electron chi connectivity index (χ2n) is 10.5. The molecule has 0 heterocycles. The minimum absolute atomic E-state index is 0.0733. The monoisotopic (exact) mass is 402 g/mol. The molecule has 0 radical (unpaired) electrons. The Morgan fingerprint density at radius 2 is 1.90 bits per heavy atom. The van der Waals surface area contributed by atoms with Crippen LogP contribution in [0.4, 0.5) is 0 Å². The maximum Gasteiger partial charge on any atom is 0.303 e. The molecule has 3 fully saturated rings. The molecule has 0 aliphatic heterocycles. The van der Waals surface area contributed by atoms with Crippen molar-refractivity contribution < 1.29 is 24.2 Å². The fourth-order valence-corrected chi connectivity index (χ4v) is 7.77. The number of rotatable bonds is 3. The third-order valence-corrected chi connectivity index (χ3v) is 9.37. The Morgan fingerprint density at radius 1 is 1.17 bits per heavy atom. The minimum Gasteiger partial charge on any atom is -0.458 e. The highest BCUT2D eigenvalue weighted by atomic mass is 16.5. The average molecular weight is 403 g/mol. The normalized spacial score (nSPS) is 46.2. The molecule has 29 heavy (non-hydrogen) atoms. The summed E-state index contributed by atoms with van der Waals surface area (Å²) in [6.45, 7) is 7.33. The third-order valence-electron chi connectivity index (χ3n) is 9.37. The summed E-state index contributed by atoms with van der Waals surface area (Å²) >= 11 is 0. The smallest absolute Gasteiger partial charge is 0.303 e. The van der Waals surface area contributed by atoms with E-state index in [4.69, 9.17) is 4.74 Å². The van der Waals surface area contributed by atoms with E-state index in [0.29, 0.717) is 18.3 Å². The first-order valence-corrected chi connectivity index (χ1v) is 11.2. The van der Waals surface area contributed by atoms with Crippen LogP contribution in [-0.4, -0.2) is 34.9 Å². The molecule has 7 unspecified atom stereocenters. The van der Waals surface area contributed by atoms with Crippen molar-refractivity contribution in [2.45, 2.75) is 78.2 Å². The van der Waals surface area contributed by atoms with E-state index in [9.17, 15) is 19.5 Å². The highest BCUT2D eigenvalue weighted by Gasteiger charge is 2.68. The fourth-order valence-electron chi connectivity index (χ4n) is 7.77. The predicted molar refractivity (Wildman–Crippen MR) is 108 cm³/mol. The quantitative estimate of drug-likeness (QED) is 0.729. The van der Waals surface area contributed by atoms with Gasteiger partial charge in [-0.25, -0.2) is 0 Å². The zero-order chi connectivity index (χ0) is 21.2. The number of hydrogen-bond donors (Lipinski definition) is 1. The Bertz CT molecular complexity index is 784. The second kappa shape index (κ2) is 6.76. The number of aliphatic hydroxyl groups is 1. The molecule has 4 aliphatic carbocycles. The molecule has 7 atom stereocenters. The maximum absolute atomic E-state index is 13.1. The van der Waals surface area contributed by atoms with Crippen LogP contribution in [0.5, 0.6) is 0 Å². The second-order valence-corrected chi connectivity index (χ2v) is 10.5. The lowest BCUT2D eigenvalue weighted by Crippen LogP contribution is -2.59. The van der Waals surface area contributed by atoms with Crippen LogP contribution in [-0.2, 0) is 19.1 Å². The molecule has 0 aromatic heterocycles. The Balaban J connectivity index is 1.64. The van der Waals surface area contributed by atoms with Gasteiger partial charge in [0.2, 0.25) is 5.78 Å². The van der Waals surface area contributed by atoms with Gasteiger partial charge < -0.3 is 9.84 Å². The van der Waals surface area contributed by atoms with E-state index in [1.165, 1.54) is 12.5 Å². The van der Waals surface area contributed by atoms with Gasteiger partial charge in [0.05, 0.1) is 0 Å². The SMILES string of the molecule is CC(=O)OCC(=O)C1(O)C(C)CC2C3CCC4=CC(=O)CCC4(C)C3CCC21C. The lowest BCUT2D eigenvalue weighted by molar-refractivity contribution is -0.174. The summed E-state index contributed by atoms with van der Waals surface area (Å²) in [5.41, 5.74) is -0.542. The van der Waals surface area contributed by atoms with Gasteiger partial charge in [0.25, 0.3) is 0 Å². The van der Waals surface area contributed by atoms with Gasteiger partial charge in [-0.1, -0.05) is 26.3 Å². The van der Waals surface area contributed by atoms with Crippen LogP contribution in [0.25, 0.3) is 0 Å². The number of carbonyl (C=O) groups excluding carboxylic acids is 3. The summed E-state index contributed by atoms with van der Waals surface area (Å²) in [5, 5.41) is 11.7. The standard InChI is InChI=1S/C24H34O5/c1-14-11-20-18-6-5-16-12-17(26)7-9-22(16,3)19(18)8-10-23(20,4)24(14,28)21(27)13-29-15(2)25/h12,14,18-20,28H,5-11,13H2,1-4H3. The Kier molecular flexibility index (Phi) is 4.84. The molecule has 0 amide bonds. The van der Waals surface area contributed by atoms with E-state index in [0.717, 1.165) is 38.5 Å². The molecule has 4 aliphatic rings. The van der Waals surface area contributed by atoms with Crippen molar-refractivity contribution in [2.24, 2.45) is 34.5 Å². The topological polar surface area (TPSA) is 80.7 Å². The van der Waals surface area contributed by atoms with Gasteiger partial charge in [0, 0.05) is 18.8 Å². The summed E-state index contributed by atoms with van der Waals surface area (Å²) in [4.78, 5) is 36.2. The lowest BCUT2D eigenvalue weighted by atomic mass is 9.46. The van der Waals surface area contributed by atoms with E-state index >= 15 is 0 Å². The van der Waals surface area contributed by atoms with Gasteiger partial charge in [0.1, 0.15) is 5.60 Å². The molecule has 0 saturated heterocycles. The van der Waals surface area contributed by atoms with E-state index in [-0.39, 0.29) is 35.4 Å². The number of hydrogen-bond acceptors (Lipinski definition) is 5. The minimum atomic E-state index is -1.45. The molecule has 5 heteroatoms. The Labute approximate surface area is 173 Å². The summed E-state index contributed by atoms with van der Waals surface area (Å²) in [6, 6.07) is 0. The van der Waals surface area contributed by atoms with Gasteiger partial charge in [0.15, 0.2) is 12.4 Å². The van der Waals surface area contributed by atoms with Gasteiger partial charge in [-0.05, 0) is 73.7 Å². The van der Waals surface area contributed by atoms with Gasteiger partial charge >= 0.3 is 5.97 Å². The third kappa shape index (κ3) is 2.79. The maximum atomic E-state index is 13.1. The van der Waals surface area contributed by atoms with Gasteiger partial charge in [-0.2, -0.15) is 0 Å². The lowest BCUT2D eigenvalue weighted by Gasteiger charge is -2.59. The average Bonchev–Trinajstić information content (AvgIpc) is 2.88. The number of ketones is 2. The summed E-state index contributed by atoms with van der Waals surface area (Å²) in [5.74, 6) is 0.500. The van der Waals surface area contributed by atoms with E-state index in [2.05, 4.69) is 13.8 Å². The van der Waals surface area contributed by atoms with Crippen LogP contribution in [0.3, 0.4) is 0 Å². The summed E-state index contributed by atoms with van der Waals surface area (Å²) < 4.78 is 4.97. The highest BCUT2D eigenvalue weighted by molar-refractivity contribution is 5.92. The fraction of sp³-hybridized carbons (Fsp3) is 0.792. The molecule has 3 saturated carbocycles. The predicted octanol–water partition coefficient (Wildman–Crippen LogP) is 3.63. The van der Waals surface area contributed by atoms with E-state index in [1.807, 2.05) is 13.0 Å². The molecular weight excluding hydrogens is 368 g/mol. The first-order valence-electron chi connectivity index (χ1n) is 11.2. The van der Waals surface area contributed by atoms with Crippen molar-refractivity contribution in [1.82, 2.24) is 0 Å². The molecule has 5 nitrogen and oxygen atoms in total. The van der Waals surface area contributed by atoms with Crippen LogP contribution in [0.15, 0.2) is 11.6 Å². The van der Waals surface area contributed by atoms with Crippen LogP contribution < -0.4 is 0 Å². The summed E-state index contributed by atoms with van der Waals surface area (Å²) in [7, 11) is 0. The largest absolute Gasteiger partial charge is 0.458 e. The van der Waals surface area contributed by atoms with Crippen LogP contribution >= 0.6 is 0 Å². The van der Waals surface area contributed by atoms with Crippen molar-refractivity contribution in [3.05, 3.63) is 11.6 Å². The first-order chi connectivity index (χ1) is 13.5. The number of ether oxygens (including phenoxy) is 1. The molecular formula is C24H34O5. The van der Waals surface area contributed by atoms with Crippen LogP contribution in [0, 0.1) is 34.5 Å². The first kappa shape index (κ1) is 20.8. The molecule has 1 N–H and O–H groups in total. The van der Waals surface area contributed by atoms with Crippen molar-refractivity contribution >= 4 is 17.5 Å². The highest BCUT2D eigenvalue weighted by Crippen LogP contribution is 2.68. The number of carbonyl (C=O) groups is 3. The molecule has 0 aromatic rings. The van der Waals surface area contributed by atoms with E-state index in [1.54, 1.807) is 0 Å². The van der Waals surface area contributed by atoms with Crippen LogP contribution in [0.2, 0.25) is 0 Å². The zero-order valence-corrected chi connectivity index (χ0v) is 18.1. The molecule has 4 rings (SSSR count). The van der Waals surface area contributed by atoms with Crippen molar-refractivity contribution in [3.8, 4) is 0 Å². The Morgan fingerprint density at radius 3 is 2.59 bits per heavy atom. The molecule has 0 bridgehead atoms. The molecule has 160 valence electrons. The number of allylic oxidation sites excluding steroid dienone is 1. The number of fused-ring (bicyclic) bond motifs is 5. The van der Waals surface area contributed by atoms with Crippen LogP contribution in [0.1, 0.15) is 72.6 Å². The zero-order valence-electron chi connectivity index (χ0n) is 18.1. The van der Waals surface area contributed by atoms with E-state index < -0.39 is 17.0 Å². The van der Waals surface area contributed by atoms with Gasteiger partial charge in [-0.3, -0.25) is 14.4 Å². The van der Waals surface area contributed by atoms with Gasteiger partial charge in [-0.15, -0.1) is 0 Å². The molecule has 0 aromatic carbocycles. The van der Waals surface area contributed by atoms with Crippen molar-refractivity contribution in [2.75, 3.05) is 6.61 Å². The summed E-state index contributed by atoms with van der Waals surface area (Å²) in [6.07, 6.45) is 8.03. The number of esters is 1. The molecule has 0 spiro atoms. The van der Waals surface area contributed by atoms with Crippen molar-refractivity contribution in [3.63, 3.8) is 0 Å².